The molecule has 4 aromatic rings. The zero-order chi connectivity index (χ0) is 23.3. The van der Waals surface area contributed by atoms with Gasteiger partial charge in [-0.2, -0.15) is 0 Å². The number of halogens is 1. The van der Waals surface area contributed by atoms with Gasteiger partial charge in [0.15, 0.2) is 0 Å². The number of rotatable bonds is 8. The Morgan fingerprint density at radius 1 is 0.970 bits per heavy atom. The quantitative estimate of drug-likeness (QED) is 0.311. The first kappa shape index (κ1) is 22.6. The molecule has 0 atom stereocenters. The lowest BCUT2D eigenvalue weighted by molar-refractivity contribution is -0.116. The molecule has 0 aliphatic rings. The lowest BCUT2D eigenvalue weighted by Gasteiger charge is -2.09. The number of benzene rings is 3. The molecular formula is C25H22ClN3O3S. The highest BCUT2D eigenvalue weighted by Crippen LogP contribution is 2.24. The minimum absolute atomic E-state index is 0.0998. The topological polar surface area (TPSA) is 91.1 Å². The molecule has 0 saturated heterocycles. The van der Waals surface area contributed by atoms with Crippen LogP contribution in [0.25, 0.3) is 17.0 Å². The Morgan fingerprint density at radius 3 is 2.48 bits per heavy atom. The molecule has 0 saturated carbocycles. The van der Waals surface area contributed by atoms with Crippen molar-refractivity contribution in [1.29, 1.82) is 0 Å². The van der Waals surface area contributed by atoms with Crippen molar-refractivity contribution in [2.75, 3.05) is 11.3 Å². The van der Waals surface area contributed by atoms with E-state index in [-0.39, 0.29) is 10.8 Å². The summed E-state index contributed by atoms with van der Waals surface area (Å²) in [6.45, 7) is 0.510. The molecule has 1 heterocycles. The molecule has 0 bridgehead atoms. The molecule has 0 fully saturated rings. The maximum absolute atomic E-state index is 12.6. The van der Waals surface area contributed by atoms with E-state index in [9.17, 15) is 13.2 Å². The predicted molar refractivity (Wildman–Crippen MR) is 133 cm³/mol. The van der Waals surface area contributed by atoms with E-state index < -0.39 is 10.0 Å². The number of hydrogen-bond acceptors (Lipinski definition) is 3. The van der Waals surface area contributed by atoms with E-state index in [1.165, 1.54) is 18.2 Å². The molecule has 3 aromatic carbocycles. The van der Waals surface area contributed by atoms with Crippen LogP contribution in [0.1, 0.15) is 11.1 Å². The van der Waals surface area contributed by atoms with Crippen molar-refractivity contribution < 1.29 is 13.2 Å². The second kappa shape index (κ2) is 9.94. The largest absolute Gasteiger partial charge is 0.361 e. The first-order valence-electron chi connectivity index (χ1n) is 10.3. The van der Waals surface area contributed by atoms with Crippen molar-refractivity contribution in [2.24, 2.45) is 0 Å². The summed E-state index contributed by atoms with van der Waals surface area (Å²) in [6, 6.07) is 20.9. The summed E-state index contributed by atoms with van der Waals surface area (Å²) in [5.41, 5.74) is 3.24. The monoisotopic (exact) mass is 479 g/mol. The van der Waals surface area contributed by atoms with Crippen molar-refractivity contribution in [3.05, 3.63) is 101 Å². The number of carbonyl (C=O) groups is 1. The van der Waals surface area contributed by atoms with Crippen LogP contribution < -0.4 is 10.0 Å². The molecule has 0 spiro atoms. The van der Waals surface area contributed by atoms with Gasteiger partial charge in [-0.3, -0.25) is 9.52 Å². The molecule has 0 radical (unpaired) electrons. The van der Waals surface area contributed by atoms with Gasteiger partial charge in [0.05, 0.1) is 15.6 Å². The second-order valence-electron chi connectivity index (χ2n) is 7.39. The van der Waals surface area contributed by atoms with Crippen LogP contribution in [0.3, 0.4) is 0 Å². The van der Waals surface area contributed by atoms with Gasteiger partial charge in [-0.25, -0.2) is 8.42 Å². The van der Waals surface area contributed by atoms with Gasteiger partial charge in [0, 0.05) is 29.7 Å². The summed E-state index contributed by atoms with van der Waals surface area (Å²) in [5.74, 6) is -0.216. The lowest BCUT2D eigenvalue weighted by Crippen LogP contribution is -2.23. The van der Waals surface area contributed by atoms with Crippen molar-refractivity contribution in [1.82, 2.24) is 10.3 Å². The smallest absolute Gasteiger partial charge is 0.261 e. The molecule has 0 unspecified atom stereocenters. The van der Waals surface area contributed by atoms with Gasteiger partial charge in [0.2, 0.25) is 5.91 Å². The number of aromatic amines is 1. The third-order valence-electron chi connectivity index (χ3n) is 5.10. The molecule has 8 heteroatoms. The molecule has 1 amide bonds. The van der Waals surface area contributed by atoms with E-state index in [1.807, 2.05) is 24.4 Å². The van der Waals surface area contributed by atoms with Crippen LogP contribution >= 0.6 is 11.6 Å². The predicted octanol–water partition coefficient (Wildman–Crippen LogP) is 4.99. The minimum Gasteiger partial charge on any atom is -0.361 e. The van der Waals surface area contributed by atoms with Crippen LogP contribution in [0.4, 0.5) is 5.69 Å². The fraction of sp³-hybridized carbons (Fsp3) is 0.0800. The summed E-state index contributed by atoms with van der Waals surface area (Å²) in [6.07, 6.45) is 5.75. The summed E-state index contributed by atoms with van der Waals surface area (Å²) < 4.78 is 27.6. The number of hydrogen-bond donors (Lipinski definition) is 3. The van der Waals surface area contributed by atoms with Crippen LogP contribution in [-0.4, -0.2) is 25.9 Å². The number of amides is 1. The van der Waals surface area contributed by atoms with Gasteiger partial charge in [0.1, 0.15) is 0 Å². The molecule has 3 N–H and O–H groups in total. The van der Waals surface area contributed by atoms with Gasteiger partial charge in [-0.1, -0.05) is 54.1 Å². The molecule has 4 rings (SSSR count). The van der Waals surface area contributed by atoms with Crippen LogP contribution in [-0.2, 0) is 21.2 Å². The van der Waals surface area contributed by atoms with Crippen LogP contribution in [0.2, 0.25) is 5.02 Å². The Hall–Kier alpha value is -3.55. The Morgan fingerprint density at radius 2 is 1.70 bits per heavy atom. The summed E-state index contributed by atoms with van der Waals surface area (Å²) in [4.78, 5) is 15.5. The van der Waals surface area contributed by atoms with E-state index in [4.69, 9.17) is 11.6 Å². The third kappa shape index (κ3) is 5.63. The lowest BCUT2D eigenvalue weighted by atomic mass is 10.1. The number of anilines is 1. The zero-order valence-corrected chi connectivity index (χ0v) is 19.2. The van der Waals surface area contributed by atoms with Crippen molar-refractivity contribution in [3.8, 4) is 0 Å². The van der Waals surface area contributed by atoms with E-state index in [0.717, 1.165) is 16.5 Å². The van der Waals surface area contributed by atoms with Crippen molar-refractivity contribution >= 4 is 50.2 Å². The maximum atomic E-state index is 12.6. The van der Waals surface area contributed by atoms with Gasteiger partial charge in [-0.05, 0) is 54.0 Å². The second-order valence-corrected chi connectivity index (χ2v) is 9.48. The SMILES string of the molecule is O=C(/C=C/c1ccc(S(=O)(=O)Nc2ccccc2Cl)cc1)NCCc1c[nH]c2ccccc12. The van der Waals surface area contributed by atoms with Gasteiger partial charge in [-0.15, -0.1) is 0 Å². The molecular weight excluding hydrogens is 458 g/mol. The number of aromatic nitrogens is 1. The molecule has 0 aliphatic heterocycles. The highest BCUT2D eigenvalue weighted by atomic mass is 35.5. The molecule has 168 valence electrons. The van der Waals surface area contributed by atoms with Crippen LogP contribution in [0.15, 0.2) is 90.0 Å². The molecule has 33 heavy (non-hydrogen) atoms. The molecule has 6 nitrogen and oxygen atoms in total. The normalized spacial score (nSPS) is 11.7. The summed E-state index contributed by atoms with van der Waals surface area (Å²) in [5, 5.41) is 4.34. The number of carbonyl (C=O) groups excluding carboxylic acids is 1. The zero-order valence-electron chi connectivity index (χ0n) is 17.6. The fourth-order valence-electron chi connectivity index (χ4n) is 3.40. The Bertz CT molecular complexity index is 1410. The number of H-pyrrole nitrogens is 1. The maximum Gasteiger partial charge on any atom is 0.261 e. The first-order valence-corrected chi connectivity index (χ1v) is 12.2. The van der Waals surface area contributed by atoms with Crippen LogP contribution in [0.5, 0.6) is 0 Å². The summed E-state index contributed by atoms with van der Waals surface area (Å²) in [7, 11) is -3.77. The number of fused-ring (bicyclic) bond motifs is 1. The Labute approximate surface area is 197 Å². The van der Waals surface area contributed by atoms with E-state index in [2.05, 4.69) is 21.1 Å². The van der Waals surface area contributed by atoms with E-state index in [0.29, 0.717) is 29.2 Å². The highest BCUT2D eigenvalue weighted by Gasteiger charge is 2.15. The van der Waals surface area contributed by atoms with Gasteiger partial charge < -0.3 is 10.3 Å². The van der Waals surface area contributed by atoms with Crippen LogP contribution in [0, 0.1) is 0 Å². The average molecular weight is 480 g/mol. The fourth-order valence-corrected chi connectivity index (χ4v) is 4.71. The standard InChI is InChI=1S/C25H22ClN3O3S/c26-22-6-2-4-8-24(22)29-33(31,32)20-12-9-18(10-13-20)11-14-25(30)27-16-15-19-17-28-23-7-3-1-5-21(19)23/h1-14,17,28-29H,15-16H2,(H,27,30)/b14-11+. The van der Waals surface area contributed by atoms with Gasteiger partial charge >= 0.3 is 0 Å². The Kier molecular flexibility index (Phi) is 6.82. The summed E-state index contributed by atoms with van der Waals surface area (Å²) >= 11 is 6.03. The third-order valence-corrected chi connectivity index (χ3v) is 6.82. The average Bonchev–Trinajstić information content (AvgIpc) is 3.22. The molecule has 0 aliphatic carbocycles. The first-order chi connectivity index (χ1) is 15.9. The minimum atomic E-state index is -3.77. The van der Waals surface area contributed by atoms with E-state index in [1.54, 1.807) is 42.5 Å². The molecule has 1 aromatic heterocycles. The highest BCUT2D eigenvalue weighted by molar-refractivity contribution is 7.92. The number of para-hydroxylation sites is 2. The van der Waals surface area contributed by atoms with Crippen molar-refractivity contribution in [3.63, 3.8) is 0 Å². The Balaban J connectivity index is 1.32. The van der Waals surface area contributed by atoms with Gasteiger partial charge in [0.25, 0.3) is 10.0 Å². The number of nitrogens with one attached hydrogen (secondary N) is 3. The van der Waals surface area contributed by atoms with Crippen molar-refractivity contribution in [2.45, 2.75) is 11.3 Å². The van der Waals surface area contributed by atoms with E-state index >= 15 is 0 Å². The number of sulfonamides is 1.